The highest BCUT2D eigenvalue weighted by atomic mass is 16.3. The van der Waals surface area contributed by atoms with E-state index >= 15 is 0 Å². The molecule has 2 N–H and O–H groups in total. The average Bonchev–Trinajstić information content (AvgIpc) is 2.59. The molecule has 114 valence electrons. The first-order valence-electron chi connectivity index (χ1n) is 7.67. The molecule has 1 rings (SSSR count). The van der Waals surface area contributed by atoms with E-state index in [9.17, 15) is 5.11 Å². The van der Waals surface area contributed by atoms with E-state index in [1.807, 2.05) is 0 Å². The molecule has 0 atom stereocenters. The Kier molecular flexibility index (Phi) is 5.44. The maximum Gasteiger partial charge on any atom is 0.0774 e. The predicted molar refractivity (Wildman–Crippen MR) is 82.5 cm³/mol. The van der Waals surface area contributed by atoms with Crippen LogP contribution in [-0.4, -0.2) is 47.8 Å². The third-order valence-electron chi connectivity index (χ3n) is 3.89. The summed E-state index contributed by atoms with van der Waals surface area (Å²) in [4.78, 5) is 2.30. The van der Waals surface area contributed by atoms with Crippen molar-refractivity contribution < 1.29 is 5.11 Å². The predicted octanol–water partition coefficient (Wildman–Crippen LogP) is 2.64. The van der Waals surface area contributed by atoms with E-state index in [1.54, 1.807) is 0 Å². The molecule has 19 heavy (non-hydrogen) atoms. The molecule has 0 unspecified atom stereocenters. The van der Waals surface area contributed by atoms with Crippen molar-refractivity contribution in [3.05, 3.63) is 0 Å². The van der Waals surface area contributed by atoms with Gasteiger partial charge in [0.2, 0.25) is 0 Å². The van der Waals surface area contributed by atoms with Crippen molar-refractivity contribution in [2.75, 3.05) is 26.7 Å². The van der Waals surface area contributed by atoms with Crippen LogP contribution >= 0.6 is 0 Å². The van der Waals surface area contributed by atoms with Gasteiger partial charge in [-0.25, -0.2) is 0 Å². The zero-order chi connectivity index (χ0) is 14.7. The number of aliphatic hydroxyl groups is 1. The van der Waals surface area contributed by atoms with Gasteiger partial charge in [0.25, 0.3) is 0 Å². The van der Waals surface area contributed by atoms with Crippen LogP contribution in [0.2, 0.25) is 0 Å². The third-order valence-corrected chi connectivity index (χ3v) is 3.89. The van der Waals surface area contributed by atoms with Crippen molar-refractivity contribution in [3.63, 3.8) is 0 Å². The number of nitrogens with one attached hydrogen (secondary N) is 1. The second kappa shape index (κ2) is 6.11. The van der Waals surface area contributed by atoms with Gasteiger partial charge < -0.3 is 15.3 Å². The summed E-state index contributed by atoms with van der Waals surface area (Å²) in [5, 5.41) is 14.0. The molecule has 1 fully saturated rings. The zero-order valence-corrected chi connectivity index (χ0v) is 13.8. The van der Waals surface area contributed by atoms with E-state index in [4.69, 9.17) is 0 Å². The van der Waals surface area contributed by atoms with Gasteiger partial charge >= 0.3 is 0 Å². The highest BCUT2D eigenvalue weighted by Gasteiger charge is 2.33. The molecule has 0 radical (unpaired) electrons. The lowest BCUT2D eigenvalue weighted by Gasteiger charge is -2.36. The smallest absolute Gasteiger partial charge is 0.0774 e. The van der Waals surface area contributed by atoms with Crippen molar-refractivity contribution in [2.45, 2.75) is 71.4 Å². The molecular formula is C16H34N2O. The number of rotatable bonds is 6. The van der Waals surface area contributed by atoms with Gasteiger partial charge in [-0.3, -0.25) is 0 Å². The molecule has 0 spiro atoms. The van der Waals surface area contributed by atoms with Crippen LogP contribution in [0.5, 0.6) is 0 Å². The molecule has 0 aromatic carbocycles. The Morgan fingerprint density at radius 1 is 1.11 bits per heavy atom. The Balaban J connectivity index is 2.39. The summed E-state index contributed by atoms with van der Waals surface area (Å²) >= 11 is 0. The van der Waals surface area contributed by atoms with E-state index in [2.05, 4.69) is 51.9 Å². The quantitative estimate of drug-likeness (QED) is 0.779. The minimum absolute atomic E-state index is 0.166. The lowest BCUT2D eigenvalue weighted by atomic mass is 9.90. The lowest BCUT2D eigenvalue weighted by Crippen LogP contribution is -2.48. The maximum absolute atomic E-state index is 10.5. The zero-order valence-electron chi connectivity index (χ0n) is 13.8. The van der Waals surface area contributed by atoms with Crippen molar-refractivity contribution in [2.24, 2.45) is 5.41 Å². The summed E-state index contributed by atoms with van der Waals surface area (Å²) in [6.07, 6.45) is 4.30. The van der Waals surface area contributed by atoms with Crippen LogP contribution in [0, 0.1) is 5.41 Å². The van der Waals surface area contributed by atoms with Crippen LogP contribution in [0.1, 0.15) is 60.3 Å². The Hall–Kier alpha value is -0.120. The van der Waals surface area contributed by atoms with Gasteiger partial charge in [-0.05, 0) is 46.1 Å². The van der Waals surface area contributed by atoms with Gasteiger partial charge in [0.1, 0.15) is 0 Å². The second-order valence-corrected chi connectivity index (χ2v) is 8.37. The van der Waals surface area contributed by atoms with Gasteiger partial charge in [-0.1, -0.05) is 26.7 Å². The molecule has 0 saturated heterocycles. The van der Waals surface area contributed by atoms with E-state index in [0.29, 0.717) is 0 Å². The minimum Gasteiger partial charge on any atom is -0.389 e. The van der Waals surface area contributed by atoms with Crippen molar-refractivity contribution >= 4 is 0 Å². The fraction of sp³-hybridized carbons (Fsp3) is 1.00. The Bertz CT molecular complexity index is 275. The van der Waals surface area contributed by atoms with E-state index in [1.165, 1.54) is 12.8 Å². The van der Waals surface area contributed by atoms with E-state index in [0.717, 1.165) is 32.5 Å². The minimum atomic E-state index is -0.428. The average molecular weight is 270 g/mol. The van der Waals surface area contributed by atoms with Crippen LogP contribution < -0.4 is 5.32 Å². The molecule has 0 bridgehead atoms. The summed E-state index contributed by atoms with van der Waals surface area (Å²) in [5.41, 5.74) is -0.0429. The van der Waals surface area contributed by atoms with Gasteiger partial charge in [0.05, 0.1) is 5.60 Å². The summed E-state index contributed by atoms with van der Waals surface area (Å²) in [7, 11) is 2.13. The SMILES string of the molecule is CN(CC(C)(C)CNC(C)(C)C)CC1(O)CCCC1. The van der Waals surface area contributed by atoms with Crippen molar-refractivity contribution in [3.8, 4) is 0 Å². The normalized spacial score (nSPS) is 20.2. The van der Waals surface area contributed by atoms with Gasteiger partial charge in [-0.2, -0.15) is 0 Å². The summed E-state index contributed by atoms with van der Waals surface area (Å²) in [5.74, 6) is 0. The van der Waals surface area contributed by atoms with Gasteiger partial charge in [0.15, 0.2) is 0 Å². The highest BCUT2D eigenvalue weighted by Crippen LogP contribution is 2.30. The standard InChI is InChI=1S/C16H34N2O/c1-14(2,3)17-11-15(4,5)12-18(6)13-16(19)9-7-8-10-16/h17,19H,7-13H2,1-6H3. The Labute approximate surface area is 119 Å². The van der Waals surface area contributed by atoms with E-state index < -0.39 is 5.60 Å². The number of hydrogen-bond donors (Lipinski definition) is 2. The summed E-state index contributed by atoms with van der Waals surface area (Å²) < 4.78 is 0. The van der Waals surface area contributed by atoms with Gasteiger partial charge in [0, 0.05) is 25.2 Å². The number of nitrogens with zero attached hydrogens (tertiary/aromatic N) is 1. The summed E-state index contributed by atoms with van der Waals surface area (Å²) in [6, 6.07) is 0. The number of likely N-dealkylation sites (N-methyl/N-ethyl adjacent to an activating group) is 1. The van der Waals surface area contributed by atoms with Crippen LogP contribution in [-0.2, 0) is 0 Å². The largest absolute Gasteiger partial charge is 0.389 e. The second-order valence-electron chi connectivity index (χ2n) is 8.37. The van der Waals surface area contributed by atoms with Gasteiger partial charge in [-0.15, -0.1) is 0 Å². The third kappa shape index (κ3) is 6.73. The summed E-state index contributed by atoms with van der Waals surface area (Å²) in [6.45, 7) is 14.0. The Morgan fingerprint density at radius 2 is 1.63 bits per heavy atom. The molecule has 0 heterocycles. The first kappa shape index (κ1) is 16.9. The molecular weight excluding hydrogens is 236 g/mol. The first-order chi connectivity index (χ1) is 8.52. The monoisotopic (exact) mass is 270 g/mol. The molecule has 3 nitrogen and oxygen atoms in total. The molecule has 3 heteroatoms. The maximum atomic E-state index is 10.5. The molecule has 1 saturated carbocycles. The molecule has 1 aliphatic rings. The number of hydrogen-bond acceptors (Lipinski definition) is 3. The lowest BCUT2D eigenvalue weighted by molar-refractivity contribution is 0.00780. The van der Waals surface area contributed by atoms with Crippen LogP contribution in [0.4, 0.5) is 0 Å². The Morgan fingerprint density at radius 3 is 2.11 bits per heavy atom. The highest BCUT2D eigenvalue weighted by molar-refractivity contribution is 4.88. The topological polar surface area (TPSA) is 35.5 Å². The van der Waals surface area contributed by atoms with Crippen LogP contribution in [0.15, 0.2) is 0 Å². The fourth-order valence-corrected chi connectivity index (χ4v) is 3.04. The van der Waals surface area contributed by atoms with Crippen molar-refractivity contribution in [1.29, 1.82) is 0 Å². The molecule has 0 aromatic rings. The van der Waals surface area contributed by atoms with E-state index in [-0.39, 0.29) is 11.0 Å². The molecule has 1 aliphatic carbocycles. The first-order valence-corrected chi connectivity index (χ1v) is 7.67. The molecule has 0 aliphatic heterocycles. The fourth-order valence-electron chi connectivity index (χ4n) is 3.04. The van der Waals surface area contributed by atoms with Crippen molar-refractivity contribution in [1.82, 2.24) is 10.2 Å². The van der Waals surface area contributed by atoms with Crippen LogP contribution in [0.25, 0.3) is 0 Å². The molecule has 0 amide bonds. The van der Waals surface area contributed by atoms with Crippen LogP contribution in [0.3, 0.4) is 0 Å². The molecule has 0 aromatic heterocycles.